The average molecular weight is 199 g/mol. The van der Waals surface area contributed by atoms with Crippen LogP contribution in [0.4, 0.5) is 0 Å². The van der Waals surface area contributed by atoms with Crippen molar-refractivity contribution in [2.24, 2.45) is 5.41 Å². The molecule has 0 aromatic carbocycles. The predicted octanol–water partition coefficient (Wildman–Crippen LogP) is 1.11. The van der Waals surface area contributed by atoms with Crippen LogP contribution in [-0.2, 0) is 9.59 Å². The molecular formula is C10H17NO3. The predicted molar refractivity (Wildman–Crippen MR) is 51.8 cm³/mol. The standard InChI is InChI=1S/C10H17NO3/c1-3-4-10(9(13)14)5-6-11(7-10)8(2)12/h3-7H2,1-2H3,(H,13,14). The van der Waals surface area contributed by atoms with Crippen molar-refractivity contribution in [3.63, 3.8) is 0 Å². The van der Waals surface area contributed by atoms with E-state index in [4.69, 9.17) is 5.11 Å². The molecule has 0 aliphatic carbocycles. The van der Waals surface area contributed by atoms with Crippen molar-refractivity contribution in [2.75, 3.05) is 13.1 Å². The highest BCUT2D eigenvalue weighted by atomic mass is 16.4. The quantitative estimate of drug-likeness (QED) is 0.740. The van der Waals surface area contributed by atoms with Crippen molar-refractivity contribution in [1.29, 1.82) is 0 Å². The highest BCUT2D eigenvalue weighted by molar-refractivity contribution is 5.79. The van der Waals surface area contributed by atoms with E-state index in [1.54, 1.807) is 4.90 Å². The van der Waals surface area contributed by atoms with Crippen molar-refractivity contribution >= 4 is 11.9 Å². The fraction of sp³-hybridized carbons (Fsp3) is 0.800. The monoisotopic (exact) mass is 199 g/mol. The summed E-state index contributed by atoms with van der Waals surface area (Å²) in [5.41, 5.74) is -0.680. The normalized spacial score (nSPS) is 26.6. The van der Waals surface area contributed by atoms with Gasteiger partial charge in [-0.15, -0.1) is 0 Å². The fourth-order valence-corrected chi connectivity index (χ4v) is 2.11. The summed E-state index contributed by atoms with van der Waals surface area (Å²) >= 11 is 0. The number of carboxylic acids is 1. The molecule has 1 N–H and O–H groups in total. The van der Waals surface area contributed by atoms with Crippen LogP contribution in [0.25, 0.3) is 0 Å². The number of amides is 1. The van der Waals surface area contributed by atoms with Crippen LogP contribution in [0, 0.1) is 5.41 Å². The van der Waals surface area contributed by atoms with Crippen molar-refractivity contribution in [1.82, 2.24) is 4.90 Å². The third kappa shape index (κ3) is 1.89. The summed E-state index contributed by atoms with van der Waals surface area (Å²) in [7, 11) is 0. The van der Waals surface area contributed by atoms with Crippen molar-refractivity contribution < 1.29 is 14.7 Å². The Morgan fingerprint density at radius 3 is 2.50 bits per heavy atom. The zero-order chi connectivity index (χ0) is 10.8. The number of hydrogen-bond donors (Lipinski definition) is 1. The largest absolute Gasteiger partial charge is 0.481 e. The minimum Gasteiger partial charge on any atom is -0.481 e. The van der Waals surface area contributed by atoms with Gasteiger partial charge in [-0.3, -0.25) is 9.59 Å². The Morgan fingerprint density at radius 1 is 1.50 bits per heavy atom. The average Bonchev–Trinajstić information content (AvgIpc) is 2.50. The van der Waals surface area contributed by atoms with Gasteiger partial charge in [0.05, 0.1) is 5.41 Å². The lowest BCUT2D eigenvalue weighted by molar-refractivity contribution is -0.149. The number of likely N-dealkylation sites (tertiary alicyclic amines) is 1. The lowest BCUT2D eigenvalue weighted by Crippen LogP contribution is -2.36. The molecule has 0 radical (unpaired) electrons. The molecule has 1 heterocycles. The second-order valence-electron chi connectivity index (χ2n) is 4.03. The first-order valence-electron chi connectivity index (χ1n) is 5.01. The van der Waals surface area contributed by atoms with Gasteiger partial charge in [-0.1, -0.05) is 13.3 Å². The smallest absolute Gasteiger partial charge is 0.311 e. The van der Waals surface area contributed by atoms with Gasteiger partial charge in [0, 0.05) is 20.0 Å². The molecular weight excluding hydrogens is 182 g/mol. The van der Waals surface area contributed by atoms with E-state index < -0.39 is 11.4 Å². The van der Waals surface area contributed by atoms with Gasteiger partial charge in [-0.05, 0) is 12.8 Å². The van der Waals surface area contributed by atoms with Crippen LogP contribution in [0.15, 0.2) is 0 Å². The van der Waals surface area contributed by atoms with Gasteiger partial charge in [0.25, 0.3) is 0 Å². The Hall–Kier alpha value is -1.06. The number of carbonyl (C=O) groups excluding carboxylic acids is 1. The van der Waals surface area contributed by atoms with Gasteiger partial charge in [-0.25, -0.2) is 0 Å². The molecule has 1 saturated heterocycles. The summed E-state index contributed by atoms with van der Waals surface area (Å²) < 4.78 is 0. The van der Waals surface area contributed by atoms with E-state index >= 15 is 0 Å². The summed E-state index contributed by atoms with van der Waals surface area (Å²) in [6.07, 6.45) is 2.10. The molecule has 4 nitrogen and oxygen atoms in total. The minimum atomic E-state index is -0.761. The second kappa shape index (κ2) is 3.98. The van der Waals surface area contributed by atoms with Gasteiger partial charge in [-0.2, -0.15) is 0 Å². The molecule has 1 rings (SSSR count). The molecule has 0 bridgehead atoms. The number of aliphatic carboxylic acids is 1. The molecule has 80 valence electrons. The SMILES string of the molecule is CCCC1(C(=O)O)CCN(C(C)=O)C1. The van der Waals surface area contributed by atoms with E-state index in [0.29, 0.717) is 25.9 Å². The van der Waals surface area contributed by atoms with E-state index in [-0.39, 0.29) is 5.91 Å². The van der Waals surface area contributed by atoms with E-state index in [1.165, 1.54) is 6.92 Å². The van der Waals surface area contributed by atoms with E-state index in [1.807, 2.05) is 6.92 Å². The van der Waals surface area contributed by atoms with Crippen LogP contribution in [0.1, 0.15) is 33.1 Å². The van der Waals surface area contributed by atoms with Gasteiger partial charge in [0.15, 0.2) is 0 Å². The second-order valence-corrected chi connectivity index (χ2v) is 4.03. The maximum absolute atomic E-state index is 11.1. The van der Waals surface area contributed by atoms with Crippen molar-refractivity contribution in [3.05, 3.63) is 0 Å². The van der Waals surface area contributed by atoms with E-state index in [9.17, 15) is 9.59 Å². The number of nitrogens with zero attached hydrogens (tertiary/aromatic N) is 1. The Bertz CT molecular complexity index is 252. The molecule has 0 saturated carbocycles. The molecule has 0 aromatic rings. The van der Waals surface area contributed by atoms with Crippen molar-refractivity contribution in [2.45, 2.75) is 33.1 Å². The van der Waals surface area contributed by atoms with Crippen molar-refractivity contribution in [3.8, 4) is 0 Å². The zero-order valence-corrected chi connectivity index (χ0v) is 8.75. The molecule has 0 aromatic heterocycles. The summed E-state index contributed by atoms with van der Waals surface area (Å²) in [4.78, 5) is 23.9. The number of hydrogen-bond acceptors (Lipinski definition) is 2. The van der Waals surface area contributed by atoms with E-state index in [2.05, 4.69) is 0 Å². The lowest BCUT2D eigenvalue weighted by Gasteiger charge is -2.23. The number of rotatable bonds is 3. The Morgan fingerprint density at radius 2 is 2.14 bits per heavy atom. The van der Waals surface area contributed by atoms with Gasteiger partial charge in [0.2, 0.25) is 5.91 Å². The maximum Gasteiger partial charge on any atom is 0.311 e. The van der Waals surface area contributed by atoms with Gasteiger partial charge in [0.1, 0.15) is 0 Å². The molecule has 1 amide bonds. The fourth-order valence-electron chi connectivity index (χ4n) is 2.11. The molecule has 1 fully saturated rings. The molecule has 1 aliphatic heterocycles. The highest BCUT2D eigenvalue weighted by Crippen LogP contribution is 2.35. The number of carboxylic acid groups (broad SMARTS) is 1. The molecule has 14 heavy (non-hydrogen) atoms. The summed E-state index contributed by atoms with van der Waals surface area (Å²) in [5, 5.41) is 9.16. The third-order valence-corrected chi connectivity index (χ3v) is 2.98. The molecule has 4 heteroatoms. The molecule has 1 atom stereocenters. The van der Waals surface area contributed by atoms with Crippen LogP contribution in [0.2, 0.25) is 0 Å². The lowest BCUT2D eigenvalue weighted by atomic mass is 9.83. The maximum atomic E-state index is 11.1. The van der Waals surface area contributed by atoms with E-state index in [0.717, 1.165) is 6.42 Å². The first kappa shape index (κ1) is 11.0. The van der Waals surface area contributed by atoms with Crippen LogP contribution >= 0.6 is 0 Å². The Labute approximate surface area is 83.9 Å². The number of carbonyl (C=O) groups is 2. The Kier molecular flexibility index (Phi) is 3.13. The first-order valence-corrected chi connectivity index (χ1v) is 5.01. The third-order valence-electron chi connectivity index (χ3n) is 2.98. The molecule has 0 spiro atoms. The van der Waals surface area contributed by atoms with Crippen LogP contribution in [0.5, 0.6) is 0 Å². The van der Waals surface area contributed by atoms with Gasteiger partial charge >= 0.3 is 5.97 Å². The Balaban J connectivity index is 2.74. The van der Waals surface area contributed by atoms with Gasteiger partial charge < -0.3 is 10.0 Å². The molecule has 1 aliphatic rings. The molecule has 1 unspecified atom stereocenters. The summed E-state index contributed by atoms with van der Waals surface area (Å²) in [5.74, 6) is -0.785. The van der Waals surface area contributed by atoms with Crippen LogP contribution < -0.4 is 0 Å². The topological polar surface area (TPSA) is 57.6 Å². The highest BCUT2D eigenvalue weighted by Gasteiger charge is 2.44. The van der Waals surface area contributed by atoms with Crippen LogP contribution in [-0.4, -0.2) is 35.0 Å². The summed E-state index contributed by atoms with van der Waals surface area (Å²) in [6.45, 7) is 4.43. The minimum absolute atomic E-state index is 0.0239. The first-order chi connectivity index (χ1) is 6.52. The summed E-state index contributed by atoms with van der Waals surface area (Å²) in [6, 6.07) is 0. The zero-order valence-electron chi connectivity index (χ0n) is 8.75. The van der Waals surface area contributed by atoms with Crippen LogP contribution in [0.3, 0.4) is 0 Å².